The van der Waals surface area contributed by atoms with Gasteiger partial charge in [-0.1, -0.05) is 34.6 Å². The number of methoxy groups -OCH3 is 1. The minimum Gasteiger partial charge on any atom is -0.379 e. The standard InChI is InChI=1S/C14H31N3O.HI/c1-10(2)11(3)17-13(15-7)16-9-12(18-8)14(4,5)6;/h10-12H,9H2,1-8H3,(H2,15,16,17);1H. The van der Waals surface area contributed by atoms with E-state index in [1.807, 2.05) is 0 Å². The van der Waals surface area contributed by atoms with Crippen LogP contribution in [0.4, 0.5) is 0 Å². The van der Waals surface area contributed by atoms with Gasteiger partial charge in [0.1, 0.15) is 0 Å². The Morgan fingerprint density at radius 2 is 1.74 bits per heavy atom. The summed E-state index contributed by atoms with van der Waals surface area (Å²) in [7, 11) is 3.55. The van der Waals surface area contributed by atoms with Gasteiger partial charge in [0, 0.05) is 26.7 Å². The van der Waals surface area contributed by atoms with Gasteiger partial charge in [0.25, 0.3) is 0 Å². The molecule has 2 N–H and O–H groups in total. The molecule has 2 unspecified atom stereocenters. The molecule has 0 fully saturated rings. The number of rotatable bonds is 5. The van der Waals surface area contributed by atoms with Crippen LogP contribution in [-0.4, -0.2) is 38.8 Å². The Kier molecular flexibility index (Phi) is 11.0. The molecule has 0 aliphatic rings. The average Bonchev–Trinajstić information content (AvgIpc) is 2.25. The van der Waals surface area contributed by atoms with E-state index in [4.69, 9.17) is 4.74 Å². The Morgan fingerprint density at radius 1 is 1.21 bits per heavy atom. The Balaban J connectivity index is 0. The zero-order valence-electron chi connectivity index (χ0n) is 13.7. The summed E-state index contributed by atoms with van der Waals surface area (Å²) in [6, 6.07) is 0.395. The summed E-state index contributed by atoms with van der Waals surface area (Å²) in [4.78, 5) is 4.24. The van der Waals surface area contributed by atoms with Gasteiger partial charge >= 0.3 is 0 Å². The molecule has 0 rings (SSSR count). The Hall–Kier alpha value is -0.0400. The first kappa shape index (κ1) is 21.3. The summed E-state index contributed by atoms with van der Waals surface area (Å²) >= 11 is 0. The van der Waals surface area contributed by atoms with Gasteiger partial charge in [-0.15, -0.1) is 24.0 Å². The van der Waals surface area contributed by atoms with Crippen LogP contribution in [0, 0.1) is 11.3 Å². The van der Waals surface area contributed by atoms with Gasteiger partial charge in [-0.25, -0.2) is 0 Å². The normalized spacial score (nSPS) is 15.7. The summed E-state index contributed by atoms with van der Waals surface area (Å²) in [6.45, 7) is 13.8. The lowest BCUT2D eigenvalue weighted by Gasteiger charge is -2.30. The lowest BCUT2D eigenvalue weighted by molar-refractivity contribution is 0.0205. The molecule has 0 bridgehead atoms. The van der Waals surface area contributed by atoms with E-state index in [0.717, 1.165) is 12.5 Å². The molecule has 0 radical (unpaired) electrons. The third-order valence-corrected chi connectivity index (χ3v) is 3.29. The largest absolute Gasteiger partial charge is 0.379 e. The van der Waals surface area contributed by atoms with E-state index in [9.17, 15) is 0 Å². The third-order valence-electron chi connectivity index (χ3n) is 3.29. The Morgan fingerprint density at radius 3 is 2.05 bits per heavy atom. The number of hydrogen-bond donors (Lipinski definition) is 2. The molecule has 0 aromatic carbocycles. The fourth-order valence-corrected chi connectivity index (χ4v) is 1.51. The zero-order chi connectivity index (χ0) is 14.3. The van der Waals surface area contributed by atoms with E-state index in [-0.39, 0.29) is 35.5 Å². The van der Waals surface area contributed by atoms with Crippen LogP contribution in [-0.2, 0) is 4.74 Å². The van der Waals surface area contributed by atoms with Crippen molar-refractivity contribution in [2.45, 2.75) is 53.7 Å². The van der Waals surface area contributed by atoms with Crippen molar-refractivity contribution in [2.24, 2.45) is 16.3 Å². The van der Waals surface area contributed by atoms with E-state index < -0.39 is 0 Å². The van der Waals surface area contributed by atoms with Crippen LogP contribution >= 0.6 is 24.0 Å². The van der Waals surface area contributed by atoms with Crippen LogP contribution in [0.3, 0.4) is 0 Å². The van der Waals surface area contributed by atoms with Crippen molar-refractivity contribution >= 4 is 29.9 Å². The van der Waals surface area contributed by atoms with Crippen molar-refractivity contribution in [1.29, 1.82) is 0 Å². The maximum atomic E-state index is 5.52. The van der Waals surface area contributed by atoms with Crippen molar-refractivity contribution in [3.05, 3.63) is 0 Å². The fourth-order valence-electron chi connectivity index (χ4n) is 1.51. The molecule has 0 aromatic heterocycles. The van der Waals surface area contributed by atoms with Crippen LogP contribution < -0.4 is 10.6 Å². The molecule has 0 amide bonds. The molecular weight excluding hydrogens is 353 g/mol. The van der Waals surface area contributed by atoms with Crippen molar-refractivity contribution in [1.82, 2.24) is 10.6 Å². The number of halogens is 1. The van der Waals surface area contributed by atoms with Crippen molar-refractivity contribution in [3.8, 4) is 0 Å². The first-order chi connectivity index (χ1) is 8.22. The van der Waals surface area contributed by atoms with Crippen LogP contribution in [0.2, 0.25) is 0 Å². The number of nitrogens with one attached hydrogen (secondary N) is 2. The van der Waals surface area contributed by atoms with Crippen molar-refractivity contribution in [3.63, 3.8) is 0 Å². The molecule has 0 saturated heterocycles. The van der Waals surface area contributed by atoms with Gasteiger partial charge in [0.05, 0.1) is 6.10 Å². The van der Waals surface area contributed by atoms with Crippen molar-refractivity contribution in [2.75, 3.05) is 20.7 Å². The number of guanidine groups is 1. The van der Waals surface area contributed by atoms with Gasteiger partial charge in [-0.2, -0.15) is 0 Å². The van der Waals surface area contributed by atoms with Crippen LogP contribution in [0.25, 0.3) is 0 Å². The highest BCUT2D eigenvalue weighted by Crippen LogP contribution is 2.20. The summed E-state index contributed by atoms with van der Waals surface area (Å²) in [5.41, 5.74) is 0.115. The van der Waals surface area contributed by atoms with Gasteiger partial charge in [0.2, 0.25) is 0 Å². The summed E-state index contributed by atoms with van der Waals surface area (Å²) in [5, 5.41) is 6.71. The average molecular weight is 385 g/mol. The quantitative estimate of drug-likeness (QED) is 0.435. The zero-order valence-corrected chi connectivity index (χ0v) is 16.0. The first-order valence-corrected chi connectivity index (χ1v) is 6.72. The summed E-state index contributed by atoms with van der Waals surface area (Å²) < 4.78 is 5.52. The lowest BCUT2D eigenvalue weighted by Crippen LogP contribution is -2.48. The van der Waals surface area contributed by atoms with E-state index >= 15 is 0 Å². The minimum absolute atomic E-state index is 0. The van der Waals surface area contributed by atoms with E-state index in [0.29, 0.717) is 12.0 Å². The van der Waals surface area contributed by atoms with E-state index in [1.54, 1.807) is 14.2 Å². The molecule has 4 nitrogen and oxygen atoms in total. The first-order valence-electron chi connectivity index (χ1n) is 6.72. The minimum atomic E-state index is 0. The molecule has 0 saturated carbocycles. The summed E-state index contributed by atoms with van der Waals surface area (Å²) in [6.07, 6.45) is 0.158. The fraction of sp³-hybridized carbons (Fsp3) is 0.929. The highest BCUT2D eigenvalue weighted by Gasteiger charge is 2.24. The molecule has 2 atom stereocenters. The van der Waals surface area contributed by atoms with Crippen molar-refractivity contribution < 1.29 is 4.74 Å². The molecule has 0 aliphatic heterocycles. The van der Waals surface area contributed by atoms with Crippen LogP contribution in [0.1, 0.15) is 41.5 Å². The smallest absolute Gasteiger partial charge is 0.191 e. The molecule has 0 heterocycles. The van der Waals surface area contributed by atoms with Gasteiger partial charge in [-0.3, -0.25) is 4.99 Å². The predicted octanol–water partition coefficient (Wildman–Crippen LogP) is 2.88. The monoisotopic (exact) mass is 385 g/mol. The van der Waals surface area contributed by atoms with Gasteiger partial charge in [-0.05, 0) is 18.3 Å². The highest BCUT2D eigenvalue weighted by molar-refractivity contribution is 14.0. The Labute approximate surface area is 136 Å². The maximum Gasteiger partial charge on any atom is 0.191 e. The molecule has 19 heavy (non-hydrogen) atoms. The lowest BCUT2D eigenvalue weighted by atomic mass is 9.89. The summed E-state index contributed by atoms with van der Waals surface area (Å²) in [5.74, 6) is 1.41. The number of ether oxygens (including phenoxy) is 1. The Bertz CT molecular complexity index is 262. The topological polar surface area (TPSA) is 45.7 Å². The second-order valence-corrected chi connectivity index (χ2v) is 6.22. The number of aliphatic imine (C=N–C) groups is 1. The van der Waals surface area contributed by atoms with Crippen LogP contribution in [0.5, 0.6) is 0 Å². The molecular formula is C14H32IN3O. The SMILES string of the molecule is CN=C(NCC(OC)C(C)(C)C)NC(C)C(C)C.I. The molecule has 0 aliphatic carbocycles. The second kappa shape index (κ2) is 9.80. The van der Waals surface area contributed by atoms with Gasteiger partial charge in [0.15, 0.2) is 5.96 Å². The molecule has 0 spiro atoms. The van der Waals surface area contributed by atoms with Crippen LogP contribution in [0.15, 0.2) is 4.99 Å². The predicted molar refractivity (Wildman–Crippen MR) is 94.5 cm³/mol. The maximum absolute atomic E-state index is 5.52. The molecule has 5 heteroatoms. The highest BCUT2D eigenvalue weighted by atomic mass is 127. The third kappa shape index (κ3) is 8.68. The number of nitrogens with zero attached hydrogens (tertiary/aromatic N) is 1. The molecule has 116 valence electrons. The number of hydrogen-bond acceptors (Lipinski definition) is 2. The van der Waals surface area contributed by atoms with E-state index in [2.05, 4.69) is 57.2 Å². The second-order valence-electron chi connectivity index (χ2n) is 6.22. The van der Waals surface area contributed by atoms with Gasteiger partial charge < -0.3 is 15.4 Å². The molecule has 0 aromatic rings. The van der Waals surface area contributed by atoms with E-state index in [1.165, 1.54) is 0 Å².